The van der Waals surface area contributed by atoms with Crippen molar-refractivity contribution in [2.75, 3.05) is 32.7 Å². The molecule has 0 spiro atoms. The molecule has 0 aromatic heterocycles. The SMILES string of the molecule is CCN1CCCC(NC(=O)C2(C)CCCNC2)C1. The topological polar surface area (TPSA) is 44.4 Å². The maximum atomic E-state index is 12.4. The fourth-order valence-electron chi connectivity index (χ4n) is 3.07. The van der Waals surface area contributed by atoms with Crippen molar-refractivity contribution >= 4 is 5.91 Å². The zero-order valence-electron chi connectivity index (χ0n) is 11.8. The van der Waals surface area contributed by atoms with Crippen molar-refractivity contribution in [1.82, 2.24) is 15.5 Å². The van der Waals surface area contributed by atoms with Crippen LogP contribution in [0.1, 0.15) is 39.5 Å². The lowest BCUT2D eigenvalue weighted by molar-refractivity contribution is -0.132. The molecule has 1 amide bonds. The van der Waals surface area contributed by atoms with E-state index >= 15 is 0 Å². The molecule has 2 heterocycles. The van der Waals surface area contributed by atoms with E-state index in [4.69, 9.17) is 0 Å². The Hall–Kier alpha value is -0.610. The minimum Gasteiger partial charge on any atom is -0.352 e. The van der Waals surface area contributed by atoms with Crippen LogP contribution >= 0.6 is 0 Å². The van der Waals surface area contributed by atoms with Crippen molar-refractivity contribution in [3.8, 4) is 0 Å². The molecule has 2 unspecified atom stereocenters. The first-order valence-corrected chi connectivity index (χ1v) is 7.38. The average Bonchev–Trinajstić information content (AvgIpc) is 2.40. The van der Waals surface area contributed by atoms with Gasteiger partial charge in [0.05, 0.1) is 5.41 Å². The molecule has 2 N–H and O–H groups in total. The number of carbonyl (C=O) groups excluding carboxylic acids is 1. The average molecular weight is 253 g/mol. The number of carbonyl (C=O) groups is 1. The van der Waals surface area contributed by atoms with Gasteiger partial charge >= 0.3 is 0 Å². The van der Waals surface area contributed by atoms with E-state index < -0.39 is 0 Å². The number of hydrogen-bond acceptors (Lipinski definition) is 3. The zero-order chi connectivity index (χ0) is 13.0. The molecular weight excluding hydrogens is 226 g/mol. The lowest BCUT2D eigenvalue weighted by Gasteiger charge is -2.37. The summed E-state index contributed by atoms with van der Waals surface area (Å²) >= 11 is 0. The van der Waals surface area contributed by atoms with E-state index in [1.165, 1.54) is 13.0 Å². The summed E-state index contributed by atoms with van der Waals surface area (Å²) in [5.74, 6) is 0.248. The van der Waals surface area contributed by atoms with E-state index in [0.717, 1.165) is 45.4 Å². The van der Waals surface area contributed by atoms with Crippen LogP contribution in [0.15, 0.2) is 0 Å². The normalized spacial score (nSPS) is 34.2. The van der Waals surface area contributed by atoms with E-state index in [9.17, 15) is 4.79 Å². The summed E-state index contributed by atoms with van der Waals surface area (Å²) in [6, 6.07) is 0.352. The molecule has 4 heteroatoms. The molecule has 2 aliphatic rings. The second kappa shape index (κ2) is 6.02. The van der Waals surface area contributed by atoms with E-state index in [0.29, 0.717) is 6.04 Å². The summed E-state index contributed by atoms with van der Waals surface area (Å²) < 4.78 is 0. The quantitative estimate of drug-likeness (QED) is 0.788. The van der Waals surface area contributed by atoms with Crippen LogP contribution in [0.25, 0.3) is 0 Å². The highest BCUT2D eigenvalue weighted by Gasteiger charge is 2.36. The largest absolute Gasteiger partial charge is 0.352 e. The zero-order valence-corrected chi connectivity index (χ0v) is 11.8. The predicted molar refractivity (Wildman–Crippen MR) is 73.5 cm³/mol. The van der Waals surface area contributed by atoms with E-state index in [-0.39, 0.29) is 11.3 Å². The molecule has 18 heavy (non-hydrogen) atoms. The number of hydrogen-bond donors (Lipinski definition) is 2. The molecule has 0 aliphatic carbocycles. The van der Waals surface area contributed by atoms with Gasteiger partial charge < -0.3 is 15.5 Å². The molecular formula is C14H27N3O. The molecule has 0 aromatic carbocycles. The first-order valence-electron chi connectivity index (χ1n) is 7.38. The van der Waals surface area contributed by atoms with Crippen LogP contribution in [-0.4, -0.2) is 49.6 Å². The lowest BCUT2D eigenvalue weighted by atomic mass is 9.81. The first kappa shape index (κ1) is 13.8. The van der Waals surface area contributed by atoms with Gasteiger partial charge in [-0.05, 0) is 52.2 Å². The van der Waals surface area contributed by atoms with Gasteiger partial charge in [-0.3, -0.25) is 4.79 Å². The fourth-order valence-corrected chi connectivity index (χ4v) is 3.07. The second-order valence-corrected chi connectivity index (χ2v) is 6.05. The van der Waals surface area contributed by atoms with Gasteiger partial charge in [0.2, 0.25) is 5.91 Å². The number of likely N-dealkylation sites (N-methyl/N-ethyl adjacent to an activating group) is 1. The molecule has 2 rings (SSSR count). The Morgan fingerprint density at radius 1 is 1.50 bits per heavy atom. The third-order valence-electron chi connectivity index (χ3n) is 4.43. The van der Waals surface area contributed by atoms with Gasteiger partial charge in [0.25, 0.3) is 0 Å². The Kier molecular flexibility index (Phi) is 4.62. The molecule has 0 radical (unpaired) electrons. The predicted octanol–water partition coefficient (Wildman–Crippen LogP) is 0.977. The van der Waals surface area contributed by atoms with Gasteiger partial charge in [0, 0.05) is 19.1 Å². The molecule has 0 aromatic rings. The number of amides is 1. The number of rotatable bonds is 3. The highest BCUT2D eigenvalue weighted by Crippen LogP contribution is 2.26. The van der Waals surface area contributed by atoms with Gasteiger partial charge in [-0.1, -0.05) is 6.92 Å². The van der Waals surface area contributed by atoms with Crippen molar-refractivity contribution < 1.29 is 4.79 Å². The second-order valence-electron chi connectivity index (χ2n) is 6.05. The monoisotopic (exact) mass is 253 g/mol. The van der Waals surface area contributed by atoms with Gasteiger partial charge in [-0.2, -0.15) is 0 Å². The summed E-state index contributed by atoms with van der Waals surface area (Å²) in [5, 5.41) is 6.61. The molecule has 2 aliphatic heterocycles. The van der Waals surface area contributed by atoms with Crippen LogP contribution < -0.4 is 10.6 Å². The van der Waals surface area contributed by atoms with Crippen LogP contribution in [0.5, 0.6) is 0 Å². The van der Waals surface area contributed by atoms with Crippen molar-refractivity contribution in [2.45, 2.75) is 45.6 Å². The smallest absolute Gasteiger partial charge is 0.227 e. The molecule has 104 valence electrons. The highest BCUT2D eigenvalue weighted by molar-refractivity contribution is 5.82. The standard InChI is InChI=1S/C14H27N3O/c1-3-17-9-4-6-12(10-17)16-13(18)14(2)7-5-8-15-11-14/h12,15H,3-11H2,1-2H3,(H,16,18). The Balaban J connectivity index is 1.86. The third kappa shape index (κ3) is 3.23. The number of likely N-dealkylation sites (tertiary alicyclic amines) is 1. The fraction of sp³-hybridized carbons (Fsp3) is 0.929. The number of nitrogens with one attached hydrogen (secondary N) is 2. The van der Waals surface area contributed by atoms with Crippen molar-refractivity contribution in [1.29, 1.82) is 0 Å². The van der Waals surface area contributed by atoms with Crippen LogP contribution in [0, 0.1) is 5.41 Å². The molecule has 0 bridgehead atoms. The van der Waals surface area contributed by atoms with Gasteiger partial charge in [-0.25, -0.2) is 0 Å². The lowest BCUT2D eigenvalue weighted by Crippen LogP contribution is -2.54. The van der Waals surface area contributed by atoms with Gasteiger partial charge in [0.1, 0.15) is 0 Å². The summed E-state index contributed by atoms with van der Waals surface area (Å²) in [6.45, 7) is 9.45. The minimum atomic E-state index is -0.202. The maximum Gasteiger partial charge on any atom is 0.227 e. The van der Waals surface area contributed by atoms with E-state index in [1.54, 1.807) is 0 Å². The van der Waals surface area contributed by atoms with Crippen LogP contribution in [-0.2, 0) is 4.79 Å². The molecule has 2 atom stereocenters. The van der Waals surface area contributed by atoms with Crippen molar-refractivity contribution in [2.24, 2.45) is 5.41 Å². The number of piperidine rings is 2. The minimum absolute atomic E-state index is 0.202. The highest BCUT2D eigenvalue weighted by atomic mass is 16.2. The van der Waals surface area contributed by atoms with E-state index in [1.807, 2.05) is 0 Å². The van der Waals surface area contributed by atoms with Crippen LogP contribution in [0.2, 0.25) is 0 Å². The van der Waals surface area contributed by atoms with Crippen LogP contribution in [0.4, 0.5) is 0 Å². The Labute approximate surface area is 110 Å². The summed E-state index contributed by atoms with van der Waals surface area (Å²) in [5.41, 5.74) is -0.202. The van der Waals surface area contributed by atoms with Crippen molar-refractivity contribution in [3.63, 3.8) is 0 Å². The molecule has 2 fully saturated rings. The maximum absolute atomic E-state index is 12.4. The first-order chi connectivity index (χ1) is 8.64. The third-order valence-corrected chi connectivity index (χ3v) is 4.43. The molecule has 4 nitrogen and oxygen atoms in total. The summed E-state index contributed by atoms with van der Waals surface area (Å²) in [4.78, 5) is 14.8. The Bertz CT molecular complexity index is 287. The number of nitrogens with zero attached hydrogens (tertiary/aromatic N) is 1. The molecule has 2 saturated heterocycles. The van der Waals surface area contributed by atoms with Crippen LogP contribution in [0.3, 0.4) is 0 Å². The van der Waals surface area contributed by atoms with Crippen molar-refractivity contribution in [3.05, 3.63) is 0 Å². The van der Waals surface area contributed by atoms with Gasteiger partial charge in [0.15, 0.2) is 0 Å². The molecule has 0 saturated carbocycles. The van der Waals surface area contributed by atoms with E-state index in [2.05, 4.69) is 29.4 Å². The Morgan fingerprint density at radius 2 is 2.33 bits per heavy atom. The Morgan fingerprint density at radius 3 is 3.00 bits per heavy atom. The summed E-state index contributed by atoms with van der Waals surface area (Å²) in [6.07, 6.45) is 4.45. The summed E-state index contributed by atoms with van der Waals surface area (Å²) in [7, 11) is 0. The van der Waals surface area contributed by atoms with Gasteiger partial charge in [-0.15, -0.1) is 0 Å².